The van der Waals surface area contributed by atoms with Crippen molar-refractivity contribution in [3.8, 4) is 28.6 Å². The summed E-state index contributed by atoms with van der Waals surface area (Å²) in [5.74, 6) is 1.73. The van der Waals surface area contributed by atoms with Gasteiger partial charge in [-0.3, -0.25) is 0 Å². The van der Waals surface area contributed by atoms with Crippen molar-refractivity contribution in [1.29, 1.82) is 0 Å². The zero-order chi connectivity index (χ0) is 22.8. The van der Waals surface area contributed by atoms with Gasteiger partial charge in [0.15, 0.2) is 0 Å². The summed E-state index contributed by atoms with van der Waals surface area (Å²) in [4.78, 5) is 0.170. The number of ether oxygens (including phenoxy) is 3. The molecule has 3 aromatic rings. The molecule has 0 amide bonds. The number of hydrogen-bond acceptors (Lipinski definition) is 7. The van der Waals surface area contributed by atoms with E-state index in [1.54, 1.807) is 31.4 Å². The fraction of sp³-hybridized carbons (Fsp3) is 0.304. The summed E-state index contributed by atoms with van der Waals surface area (Å²) < 4.78 is 43.5. The van der Waals surface area contributed by atoms with E-state index in [2.05, 4.69) is 21.8 Å². The van der Waals surface area contributed by atoms with Gasteiger partial charge in [-0.2, -0.15) is 0 Å². The Morgan fingerprint density at radius 3 is 2.19 bits per heavy atom. The van der Waals surface area contributed by atoms with Gasteiger partial charge in [-0.05, 0) is 61.0 Å². The highest BCUT2D eigenvalue weighted by atomic mass is 32.2. The Kier molecular flexibility index (Phi) is 8.41. The maximum absolute atomic E-state index is 12.4. The molecule has 0 radical (unpaired) electrons. The lowest BCUT2D eigenvalue weighted by molar-refractivity contribution is 0.307. The molecular formula is C23H27N3O5S. The molecule has 0 saturated heterocycles. The molecule has 2 aromatic carbocycles. The summed E-state index contributed by atoms with van der Waals surface area (Å²) >= 11 is 0. The van der Waals surface area contributed by atoms with E-state index in [-0.39, 0.29) is 18.0 Å². The maximum atomic E-state index is 12.4. The predicted molar refractivity (Wildman–Crippen MR) is 122 cm³/mol. The molecule has 0 aliphatic heterocycles. The first-order valence-electron chi connectivity index (χ1n) is 10.4. The van der Waals surface area contributed by atoms with Gasteiger partial charge >= 0.3 is 0 Å². The highest BCUT2D eigenvalue weighted by molar-refractivity contribution is 7.89. The lowest BCUT2D eigenvalue weighted by atomic mass is 10.1. The van der Waals surface area contributed by atoms with Crippen molar-refractivity contribution >= 4 is 10.0 Å². The van der Waals surface area contributed by atoms with Crippen LogP contribution in [0.1, 0.15) is 19.8 Å². The molecule has 0 fully saturated rings. The Labute approximate surface area is 188 Å². The topological polar surface area (TPSA) is 99.6 Å². The van der Waals surface area contributed by atoms with E-state index in [4.69, 9.17) is 14.2 Å². The van der Waals surface area contributed by atoms with Gasteiger partial charge in [0.1, 0.15) is 18.1 Å². The van der Waals surface area contributed by atoms with E-state index in [9.17, 15) is 8.42 Å². The number of rotatable bonds is 12. The van der Waals surface area contributed by atoms with Crippen LogP contribution in [0.2, 0.25) is 0 Å². The van der Waals surface area contributed by atoms with Crippen molar-refractivity contribution < 1.29 is 22.6 Å². The summed E-state index contributed by atoms with van der Waals surface area (Å²) in [6.07, 6.45) is 1.99. The van der Waals surface area contributed by atoms with E-state index in [1.807, 2.05) is 24.3 Å². The molecule has 1 heterocycles. The minimum Gasteiger partial charge on any atom is -0.497 e. The SMILES string of the molecule is CCCCOc1ccc(S(=O)(=O)NCCOc2ccc(-c3ccc(OC)cc3)nn2)cc1. The second-order valence-corrected chi connectivity index (χ2v) is 8.67. The lowest BCUT2D eigenvalue weighted by Crippen LogP contribution is -2.28. The fourth-order valence-electron chi connectivity index (χ4n) is 2.78. The Hall–Kier alpha value is -3.17. The second kappa shape index (κ2) is 11.4. The van der Waals surface area contributed by atoms with Crippen LogP contribution in [0.25, 0.3) is 11.3 Å². The maximum Gasteiger partial charge on any atom is 0.240 e. The van der Waals surface area contributed by atoms with Crippen molar-refractivity contribution in [3.63, 3.8) is 0 Å². The third-order valence-electron chi connectivity index (χ3n) is 4.57. The first kappa shape index (κ1) is 23.5. The van der Waals surface area contributed by atoms with E-state index in [1.165, 1.54) is 12.1 Å². The fourth-order valence-corrected chi connectivity index (χ4v) is 3.79. The molecule has 170 valence electrons. The van der Waals surface area contributed by atoms with Crippen LogP contribution in [0.4, 0.5) is 0 Å². The van der Waals surface area contributed by atoms with Gasteiger partial charge in [-0.1, -0.05) is 13.3 Å². The highest BCUT2D eigenvalue weighted by Crippen LogP contribution is 2.21. The van der Waals surface area contributed by atoms with Gasteiger partial charge in [0.05, 0.1) is 24.3 Å². The number of methoxy groups -OCH3 is 1. The summed E-state index contributed by atoms with van der Waals surface area (Å²) in [5.41, 5.74) is 1.60. The Balaban J connectivity index is 1.46. The highest BCUT2D eigenvalue weighted by Gasteiger charge is 2.13. The summed E-state index contributed by atoms with van der Waals surface area (Å²) in [6.45, 7) is 2.91. The molecule has 0 aliphatic rings. The largest absolute Gasteiger partial charge is 0.497 e. The monoisotopic (exact) mass is 457 g/mol. The molecule has 8 nitrogen and oxygen atoms in total. The summed E-state index contributed by atoms with van der Waals surface area (Å²) in [7, 11) is -2.02. The number of nitrogens with one attached hydrogen (secondary N) is 1. The number of hydrogen-bond donors (Lipinski definition) is 1. The van der Waals surface area contributed by atoms with Crippen LogP contribution in [-0.4, -0.2) is 45.5 Å². The normalized spacial score (nSPS) is 11.2. The summed E-state index contributed by atoms with van der Waals surface area (Å²) in [5, 5.41) is 8.18. The van der Waals surface area contributed by atoms with Crippen LogP contribution < -0.4 is 18.9 Å². The molecule has 0 atom stereocenters. The molecule has 0 saturated carbocycles. The molecule has 32 heavy (non-hydrogen) atoms. The van der Waals surface area contributed by atoms with Gasteiger partial charge in [0, 0.05) is 18.2 Å². The standard InChI is InChI=1S/C23H27N3O5S/c1-3-4-16-30-20-9-11-21(12-10-20)32(27,28)24-15-17-31-23-14-13-22(25-26-23)18-5-7-19(29-2)8-6-18/h5-14,24H,3-4,15-17H2,1-2H3. The van der Waals surface area contributed by atoms with Crippen LogP contribution in [0.15, 0.2) is 65.6 Å². The van der Waals surface area contributed by atoms with Gasteiger partial charge < -0.3 is 14.2 Å². The summed E-state index contributed by atoms with van der Waals surface area (Å²) in [6, 6.07) is 17.3. The zero-order valence-corrected chi connectivity index (χ0v) is 19.0. The Morgan fingerprint density at radius 2 is 1.56 bits per heavy atom. The molecule has 3 rings (SSSR count). The van der Waals surface area contributed by atoms with Crippen LogP contribution in [-0.2, 0) is 10.0 Å². The lowest BCUT2D eigenvalue weighted by Gasteiger charge is -2.09. The third-order valence-corrected chi connectivity index (χ3v) is 6.05. The number of aromatic nitrogens is 2. The molecule has 9 heteroatoms. The van der Waals surface area contributed by atoms with E-state index in [0.29, 0.717) is 23.9 Å². The van der Waals surface area contributed by atoms with Crippen molar-refractivity contribution in [2.75, 3.05) is 26.9 Å². The van der Waals surface area contributed by atoms with Crippen LogP contribution in [0, 0.1) is 0 Å². The number of nitrogens with zero attached hydrogens (tertiary/aromatic N) is 2. The molecular weight excluding hydrogens is 430 g/mol. The number of benzene rings is 2. The van der Waals surface area contributed by atoms with Gasteiger partial charge in [-0.25, -0.2) is 13.1 Å². The average Bonchev–Trinajstić information content (AvgIpc) is 2.83. The smallest absolute Gasteiger partial charge is 0.240 e. The molecule has 0 spiro atoms. The molecule has 1 N–H and O–H groups in total. The average molecular weight is 458 g/mol. The van der Waals surface area contributed by atoms with Gasteiger partial charge in [0.25, 0.3) is 0 Å². The Morgan fingerprint density at radius 1 is 0.844 bits per heavy atom. The molecule has 0 bridgehead atoms. The van der Waals surface area contributed by atoms with Crippen molar-refractivity contribution in [2.24, 2.45) is 0 Å². The Bertz CT molecular complexity index is 1070. The third kappa shape index (κ3) is 6.66. The first-order chi connectivity index (χ1) is 15.5. The minimum atomic E-state index is -3.64. The van der Waals surface area contributed by atoms with E-state index in [0.717, 1.165) is 24.2 Å². The van der Waals surface area contributed by atoms with E-state index < -0.39 is 10.0 Å². The number of unbranched alkanes of at least 4 members (excludes halogenated alkanes) is 1. The van der Waals surface area contributed by atoms with Crippen molar-refractivity contribution in [3.05, 3.63) is 60.7 Å². The molecule has 0 aliphatic carbocycles. The minimum absolute atomic E-state index is 0.0962. The molecule has 0 unspecified atom stereocenters. The van der Waals surface area contributed by atoms with Crippen molar-refractivity contribution in [1.82, 2.24) is 14.9 Å². The van der Waals surface area contributed by atoms with Crippen LogP contribution in [0.3, 0.4) is 0 Å². The number of sulfonamides is 1. The predicted octanol–water partition coefficient (Wildman–Crippen LogP) is 3.69. The first-order valence-corrected chi connectivity index (χ1v) is 11.8. The van der Waals surface area contributed by atoms with Gasteiger partial charge in [-0.15, -0.1) is 10.2 Å². The quantitative estimate of drug-likeness (QED) is 0.414. The zero-order valence-electron chi connectivity index (χ0n) is 18.2. The van der Waals surface area contributed by atoms with Gasteiger partial charge in [0.2, 0.25) is 15.9 Å². The van der Waals surface area contributed by atoms with Crippen molar-refractivity contribution in [2.45, 2.75) is 24.7 Å². The van der Waals surface area contributed by atoms with Crippen LogP contribution in [0.5, 0.6) is 17.4 Å². The molecule has 1 aromatic heterocycles. The van der Waals surface area contributed by atoms with E-state index >= 15 is 0 Å². The second-order valence-electron chi connectivity index (χ2n) is 6.90. The van der Waals surface area contributed by atoms with Crippen LogP contribution >= 0.6 is 0 Å².